The van der Waals surface area contributed by atoms with Gasteiger partial charge in [0.2, 0.25) is 0 Å². The third-order valence-electron chi connectivity index (χ3n) is 3.24. The molecule has 4 nitrogen and oxygen atoms in total. The van der Waals surface area contributed by atoms with Crippen molar-refractivity contribution in [3.8, 4) is 0 Å². The summed E-state index contributed by atoms with van der Waals surface area (Å²) in [5, 5.41) is 0. The number of carbonyl (C=O) groups is 2. The third kappa shape index (κ3) is 8.77. The van der Waals surface area contributed by atoms with Crippen LogP contribution in [0, 0.1) is 17.8 Å². The number of rotatable bonds is 10. The number of ether oxygens (including phenoxy) is 2. The molecule has 0 aromatic rings. The Morgan fingerprint density at radius 1 is 0.826 bits per heavy atom. The van der Waals surface area contributed by atoms with E-state index in [0.717, 1.165) is 12.8 Å². The summed E-state index contributed by atoms with van der Waals surface area (Å²) in [5.41, 5.74) is 0.948. The summed E-state index contributed by atoms with van der Waals surface area (Å²) >= 11 is 0. The Morgan fingerprint density at radius 2 is 1.30 bits per heavy atom. The zero-order chi connectivity index (χ0) is 18.0. The van der Waals surface area contributed by atoms with E-state index in [1.165, 1.54) is 0 Å². The van der Waals surface area contributed by atoms with E-state index >= 15 is 0 Å². The summed E-state index contributed by atoms with van der Waals surface area (Å²) in [4.78, 5) is 24.9. The molecule has 0 heterocycles. The van der Waals surface area contributed by atoms with Crippen LogP contribution in [0.3, 0.4) is 0 Å². The topological polar surface area (TPSA) is 52.6 Å². The van der Waals surface area contributed by atoms with Gasteiger partial charge in [0.25, 0.3) is 0 Å². The first-order valence-electron chi connectivity index (χ1n) is 8.77. The second-order valence-corrected chi connectivity index (χ2v) is 7.14. The first kappa shape index (κ1) is 21.7. The number of esters is 2. The van der Waals surface area contributed by atoms with Crippen molar-refractivity contribution in [1.82, 2.24) is 0 Å². The van der Waals surface area contributed by atoms with Crippen LogP contribution in [0.2, 0.25) is 0 Å². The van der Waals surface area contributed by atoms with Crippen LogP contribution >= 0.6 is 0 Å². The van der Waals surface area contributed by atoms with Gasteiger partial charge in [-0.3, -0.25) is 0 Å². The summed E-state index contributed by atoms with van der Waals surface area (Å²) in [5.74, 6) is -0.312. The fraction of sp³-hybridized carbons (Fsp3) is 0.789. The Kier molecular flexibility index (Phi) is 10.6. The Bertz CT molecular complexity index is 406. The van der Waals surface area contributed by atoms with Gasteiger partial charge in [-0.05, 0) is 30.6 Å². The lowest BCUT2D eigenvalue weighted by Gasteiger charge is -2.18. The van der Waals surface area contributed by atoms with Crippen molar-refractivity contribution in [1.29, 1.82) is 0 Å². The molecule has 0 fully saturated rings. The highest BCUT2D eigenvalue weighted by molar-refractivity contribution is 6.00. The van der Waals surface area contributed by atoms with E-state index in [1.807, 2.05) is 41.5 Å². The molecular weight excluding hydrogens is 292 g/mol. The molecule has 0 aliphatic heterocycles. The van der Waals surface area contributed by atoms with E-state index in [4.69, 9.17) is 9.47 Å². The molecule has 0 N–H and O–H groups in total. The van der Waals surface area contributed by atoms with E-state index in [1.54, 1.807) is 0 Å². The van der Waals surface area contributed by atoms with Gasteiger partial charge in [0, 0.05) is 5.57 Å². The van der Waals surface area contributed by atoms with E-state index in [0.29, 0.717) is 30.8 Å². The Hall–Kier alpha value is -1.32. The zero-order valence-corrected chi connectivity index (χ0v) is 15.9. The predicted molar refractivity (Wildman–Crippen MR) is 93.0 cm³/mol. The second kappa shape index (κ2) is 11.3. The summed E-state index contributed by atoms with van der Waals surface area (Å²) in [6.07, 6.45) is 2.35. The van der Waals surface area contributed by atoms with Crippen molar-refractivity contribution in [3.05, 3.63) is 11.1 Å². The Morgan fingerprint density at radius 3 is 1.70 bits per heavy atom. The summed E-state index contributed by atoms with van der Waals surface area (Å²) in [6.45, 7) is 14.6. The molecule has 0 amide bonds. The van der Waals surface area contributed by atoms with Gasteiger partial charge >= 0.3 is 11.9 Å². The lowest BCUT2D eigenvalue weighted by atomic mass is 9.94. The van der Waals surface area contributed by atoms with E-state index in [9.17, 15) is 9.59 Å². The minimum Gasteiger partial charge on any atom is -0.462 e. The van der Waals surface area contributed by atoms with Crippen molar-refractivity contribution >= 4 is 11.9 Å². The molecule has 134 valence electrons. The molecule has 0 saturated carbocycles. The van der Waals surface area contributed by atoms with Gasteiger partial charge < -0.3 is 9.47 Å². The highest BCUT2D eigenvalue weighted by Gasteiger charge is 2.25. The predicted octanol–water partition coefficient (Wildman–Crippen LogP) is 4.53. The fourth-order valence-electron chi connectivity index (χ4n) is 2.06. The van der Waals surface area contributed by atoms with Gasteiger partial charge in [0.05, 0.1) is 18.8 Å². The first-order valence-corrected chi connectivity index (χ1v) is 8.77. The van der Waals surface area contributed by atoms with E-state index in [2.05, 4.69) is 6.92 Å². The molecule has 0 radical (unpaired) electrons. The van der Waals surface area contributed by atoms with Gasteiger partial charge in [-0.1, -0.05) is 54.9 Å². The van der Waals surface area contributed by atoms with Gasteiger partial charge in [0.15, 0.2) is 0 Å². The molecule has 23 heavy (non-hydrogen) atoms. The van der Waals surface area contributed by atoms with Crippen LogP contribution in [0.15, 0.2) is 11.1 Å². The minimum atomic E-state index is -0.388. The molecule has 0 unspecified atom stereocenters. The van der Waals surface area contributed by atoms with Crippen LogP contribution in [0.1, 0.15) is 67.7 Å². The Balaban J connectivity index is 5.42. The molecule has 0 saturated heterocycles. The number of carbonyl (C=O) groups excluding carboxylic acids is 2. The molecule has 0 aromatic heterocycles. The molecule has 0 aliphatic carbocycles. The van der Waals surface area contributed by atoms with Crippen LogP contribution in [0.4, 0.5) is 0 Å². The average molecular weight is 326 g/mol. The van der Waals surface area contributed by atoms with Crippen molar-refractivity contribution in [3.63, 3.8) is 0 Å². The first-order chi connectivity index (χ1) is 10.7. The van der Waals surface area contributed by atoms with Crippen molar-refractivity contribution in [2.24, 2.45) is 17.8 Å². The van der Waals surface area contributed by atoms with Crippen LogP contribution in [-0.2, 0) is 19.1 Å². The maximum absolute atomic E-state index is 12.5. The minimum absolute atomic E-state index is 0.0758. The third-order valence-corrected chi connectivity index (χ3v) is 3.24. The SMILES string of the molecule is CCCC/C(C(=O)OCC(C)C)=C(/C(=O)OCC(C)C)C(C)C. The average Bonchev–Trinajstić information content (AvgIpc) is 2.45. The number of hydrogen-bond donors (Lipinski definition) is 0. The van der Waals surface area contributed by atoms with E-state index in [-0.39, 0.29) is 29.7 Å². The normalized spacial score (nSPS) is 12.6. The summed E-state index contributed by atoms with van der Waals surface area (Å²) in [7, 11) is 0. The maximum atomic E-state index is 12.5. The summed E-state index contributed by atoms with van der Waals surface area (Å²) < 4.78 is 10.7. The molecular formula is C19H34O4. The Labute approximate surface area is 141 Å². The standard InChI is InChI=1S/C19H34O4/c1-8-9-10-16(18(20)22-11-13(2)3)17(15(6)7)19(21)23-12-14(4)5/h13-15H,8-12H2,1-7H3/b17-16-. The van der Waals surface area contributed by atoms with Crippen LogP contribution < -0.4 is 0 Å². The molecule has 0 bridgehead atoms. The van der Waals surface area contributed by atoms with Gasteiger partial charge in [-0.25, -0.2) is 9.59 Å². The lowest BCUT2D eigenvalue weighted by Crippen LogP contribution is -2.22. The maximum Gasteiger partial charge on any atom is 0.334 e. The van der Waals surface area contributed by atoms with Crippen LogP contribution in [-0.4, -0.2) is 25.2 Å². The molecule has 0 spiro atoms. The highest BCUT2D eigenvalue weighted by atomic mass is 16.5. The van der Waals surface area contributed by atoms with Crippen molar-refractivity contribution in [2.75, 3.05) is 13.2 Å². The van der Waals surface area contributed by atoms with Gasteiger partial charge in [-0.15, -0.1) is 0 Å². The van der Waals surface area contributed by atoms with Crippen molar-refractivity contribution < 1.29 is 19.1 Å². The second-order valence-electron chi connectivity index (χ2n) is 7.14. The van der Waals surface area contributed by atoms with Crippen LogP contribution in [0.25, 0.3) is 0 Å². The molecule has 0 atom stereocenters. The van der Waals surface area contributed by atoms with Gasteiger partial charge in [0.1, 0.15) is 0 Å². The largest absolute Gasteiger partial charge is 0.462 e. The van der Waals surface area contributed by atoms with E-state index < -0.39 is 0 Å². The zero-order valence-electron chi connectivity index (χ0n) is 15.9. The molecule has 0 aromatic carbocycles. The quantitative estimate of drug-likeness (QED) is 0.437. The number of hydrogen-bond acceptors (Lipinski definition) is 4. The monoisotopic (exact) mass is 326 g/mol. The van der Waals surface area contributed by atoms with Crippen LogP contribution in [0.5, 0.6) is 0 Å². The highest BCUT2D eigenvalue weighted by Crippen LogP contribution is 2.23. The van der Waals surface area contributed by atoms with Crippen molar-refractivity contribution in [2.45, 2.75) is 67.7 Å². The number of unbranched alkanes of at least 4 members (excludes halogenated alkanes) is 1. The summed E-state index contributed by atoms with van der Waals surface area (Å²) in [6, 6.07) is 0. The molecule has 0 rings (SSSR count). The lowest BCUT2D eigenvalue weighted by molar-refractivity contribution is -0.144. The van der Waals surface area contributed by atoms with Gasteiger partial charge in [-0.2, -0.15) is 0 Å². The fourth-order valence-corrected chi connectivity index (χ4v) is 2.06. The smallest absolute Gasteiger partial charge is 0.334 e. The molecule has 0 aliphatic rings. The molecule has 4 heteroatoms.